The molecule has 3 rings (SSSR count). The molecule has 0 saturated carbocycles. The minimum absolute atomic E-state index is 0.0983. The second-order valence-electron chi connectivity index (χ2n) is 5.04. The minimum atomic E-state index is -0.996. The van der Waals surface area contributed by atoms with Crippen LogP contribution in [0.25, 0.3) is 11.3 Å². The molecule has 2 aromatic carbocycles. The van der Waals surface area contributed by atoms with Crippen molar-refractivity contribution in [2.75, 3.05) is 0 Å². The zero-order valence-electron chi connectivity index (χ0n) is 12.7. The highest BCUT2D eigenvalue weighted by molar-refractivity contribution is 5.62. The Morgan fingerprint density at radius 1 is 1.12 bits per heavy atom. The topological polar surface area (TPSA) is 63.2 Å². The van der Waals surface area contributed by atoms with E-state index in [9.17, 15) is 8.78 Å². The fourth-order valence-electron chi connectivity index (χ4n) is 2.27. The van der Waals surface area contributed by atoms with Crippen molar-refractivity contribution in [3.05, 3.63) is 65.4 Å². The first-order valence-electron chi connectivity index (χ1n) is 7.17. The molecule has 0 atom stereocenters. The quantitative estimate of drug-likeness (QED) is 0.704. The van der Waals surface area contributed by atoms with Gasteiger partial charge in [-0.25, -0.2) is 4.39 Å². The molecule has 0 amide bonds. The Labute approximate surface area is 137 Å². The summed E-state index contributed by atoms with van der Waals surface area (Å²) in [7, 11) is 0. The van der Waals surface area contributed by atoms with Gasteiger partial charge in [0, 0.05) is 5.56 Å². The van der Waals surface area contributed by atoms with E-state index >= 15 is 0 Å². The summed E-state index contributed by atoms with van der Waals surface area (Å²) < 4.78 is 32.2. The number of hydrogen-bond donors (Lipinski definition) is 1. The van der Waals surface area contributed by atoms with Gasteiger partial charge in [-0.05, 0) is 30.5 Å². The molecular weight excluding hydrogens is 314 g/mol. The first-order chi connectivity index (χ1) is 11.7. The van der Waals surface area contributed by atoms with Crippen molar-refractivity contribution in [2.24, 2.45) is 4.99 Å². The molecule has 0 fully saturated rings. The zero-order valence-corrected chi connectivity index (χ0v) is 12.7. The third kappa shape index (κ3) is 3.29. The van der Waals surface area contributed by atoms with Gasteiger partial charge in [-0.2, -0.15) is 19.8 Å². The van der Waals surface area contributed by atoms with Gasteiger partial charge in [0.15, 0.2) is 11.6 Å². The molecule has 5 nitrogen and oxygen atoms in total. The van der Waals surface area contributed by atoms with Crippen molar-refractivity contribution in [3.63, 3.8) is 0 Å². The Kier molecular flexibility index (Phi) is 4.60. The van der Waals surface area contributed by atoms with E-state index < -0.39 is 11.6 Å². The number of benzene rings is 2. The Balaban J connectivity index is 1.79. The molecule has 24 heavy (non-hydrogen) atoms. The molecule has 122 valence electrons. The largest absolute Gasteiger partial charge is 0.486 e. The number of halogens is 2. The summed E-state index contributed by atoms with van der Waals surface area (Å²) >= 11 is 0. The molecule has 0 aliphatic heterocycles. The lowest BCUT2D eigenvalue weighted by Gasteiger charge is -2.08. The summed E-state index contributed by atoms with van der Waals surface area (Å²) in [6.07, 6.45) is 0. The van der Waals surface area contributed by atoms with Crippen molar-refractivity contribution >= 4 is 6.72 Å². The smallest absolute Gasteiger partial charge is 0.200 e. The Morgan fingerprint density at radius 2 is 1.96 bits per heavy atom. The molecule has 0 unspecified atom stereocenters. The van der Waals surface area contributed by atoms with E-state index in [0.717, 1.165) is 17.2 Å². The van der Waals surface area contributed by atoms with Crippen LogP contribution in [0.2, 0.25) is 0 Å². The summed E-state index contributed by atoms with van der Waals surface area (Å²) in [5.41, 5.74) is 2.96. The van der Waals surface area contributed by atoms with Gasteiger partial charge in [0.1, 0.15) is 18.0 Å². The lowest BCUT2D eigenvalue weighted by molar-refractivity contribution is 0.284. The average Bonchev–Trinajstić information content (AvgIpc) is 3.05. The number of aliphatic imine (C=N–C) groups is 1. The molecule has 0 aliphatic rings. The molecule has 0 radical (unpaired) electrons. The number of nitrogens with one attached hydrogen (secondary N) is 1. The number of ether oxygens (including phenoxy) is 1. The van der Waals surface area contributed by atoms with E-state index in [1.807, 2.05) is 24.3 Å². The van der Waals surface area contributed by atoms with Crippen molar-refractivity contribution in [1.82, 2.24) is 15.4 Å². The van der Waals surface area contributed by atoms with Gasteiger partial charge in [-0.1, -0.05) is 24.3 Å². The van der Waals surface area contributed by atoms with Gasteiger partial charge in [0.2, 0.25) is 5.82 Å². The van der Waals surface area contributed by atoms with Crippen molar-refractivity contribution in [1.29, 1.82) is 0 Å². The first-order valence-corrected chi connectivity index (χ1v) is 7.17. The van der Waals surface area contributed by atoms with Crippen LogP contribution < -0.4 is 4.74 Å². The third-order valence-electron chi connectivity index (χ3n) is 3.39. The van der Waals surface area contributed by atoms with Crippen LogP contribution in [0.1, 0.15) is 11.3 Å². The summed E-state index contributed by atoms with van der Waals surface area (Å²) in [6, 6.07) is 11.2. The number of hydrogen-bond acceptors (Lipinski definition) is 4. The molecule has 0 spiro atoms. The Morgan fingerprint density at radius 3 is 2.79 bits per heavy atom. The van der Waals surface area contributed by atoms with E-state index in [1.54, 1.807) is 0 Å². The number of rotatable bonds is 6. The zero-order chi connectivity index (χ0) is 16.9. The van der Waals surface area contributed by atoms with Gasteiger partial charge in [0.05, 0.1) is 6.54 Å². The highest BCUT2D eigenvalue weighted by Gasteiger charge is 2.11. The van der Waals surface area contributed by atoms with E-state index in [2.05, 4.69) is 27.1 Å². The van der Waals surface area contributed by atoms with E-state index in [0.29, 0.717) is 17.9 Å². The molecule has 3 aromatic rings. The number of aromatic nitrogens is 3. The Bertz CT molecular complexity index is 863. The maximum Gasteiger partial charge on any atom is 0.200 e. The summed E-state index contributed by atoms with van der Waals surface area (Å²) in [5.74, 6) is -2.06. The summed E-state index contributed by atoms with van der Waals surface area (Å²) in [6.45, 7) is 3.90. The van der Waals surface area contributed by atoms with Crippen LogP contribution in [0, 0.1) is 11.6 Å². The van der Waals surface area contributed by atoms with Gasteiger partial charge in [-0.3, -0.25) is 4.99 Å². The van der Waals surface area contributed by atoms with Gasteiger partial charge >= 0.3 is 0 Å². The lowest BCUT2D eigenvalue weighted by Crippen LogP contribution is -1.99. The van der Waals surface area contributed by atoms with Crippen molar-refractivity contribution in [2.45, 2.75) is 13.2 Å². The maximum absolute atomic E-state index is 13.6. The van der Waals surface area contributed by atoms with E-state index in [-0.39, 0.29) is 12.4 Å². The summed E-state index contributed by atoms with van der Waals surface area (Å²) in [4.78, 5) is 3.81. The Hall–Kier alpha value is -3.09. The van der Waals surface area contributed by atoms with Gasteiger partial charge < -0.3 is 4.74 Å². The highest BCUT2D eigenvalue weighted by atomic mass is 19.2. The van der Waals surface area contributed by atoms with Crippen LogP contribution in [-0.4, -0.2) is 22.1 Å². The van der Waals surface area contributed by atoms with Crippen LogP contribution in [0.3, 0.4) is 0 Å². The van der Waals surface area contributed by atoms with Gasteiger partial charge in [-0.15, -0.1) is 0 Å². The monoisotopic (exact) mass is 328 g/mol. The molecule has 1 aromatic heterocycles. The van der Waals surface area contributed by atoms with Crippen molar-refractivity contribution in [3.8, 4) is 17.0 Å². The van der Waals surface area contributed by atoms with Crippen molar-refractivity contribution < 1.29 is 13.5 Å². The molecule has 0 bridgehead atoms. The molecule has 1 N–H and O–H groups in total. The fourth-order valence-corrected chi connectivity index (χ4v) is 2.27. The molecule has 1 heterocycles. The average molecular weight is 328 g/mol. The second-order valence-corrected chi connectivity index (χ2v) is 5.04. The summed E-state index contributed by atoms with van der Waals surface area (Å²) in [5, 5.41) is 10.7. The maximum atomic E-state index is 13.6. The molecule has 0 aliphatic carbocycles. The van der Waals surface area contributed by atoms with Crippen LogP contribution in [0.4, 0.5) is 8.78 Å². The van der Waals surface area contributed by atoms with E-state index in [4.69, 9.17) is 4.74 Å². The van der Waals surface area contributed by atoms with E-state index in [1.165, 1.54) is 12.1 Å². The molecular formula is C17H14F2N4O. The predicted octanol–water partition coefficient (Wildman–Crippen LogP) is 3.53. The SMILES string of the molecule is C=NCc1n[nH]nc1-c1cccc(COc2cccc(F)c2F)c1. The number of nitrogens with zero attached hydrogens (tertiary/aromatic N) is 3. The lowest BCUT2D eigenvalue weighted by atomic mass is 10.1. The molecule has 0 saturated heterocycles. The van der Waals surface area contributed by atoms with Gasteiger partial charge in [0.25, 0.3) is 0 Å². The van der Waals surface area contributed by atoms with Crippen LogP contribution in [0.15, 0.2) is 47.5 Å². The standard InChI is InChI=1S/C17H14F2N4O/c1-20-9-14-17(22-23-21-14)12-5-2-4-11(8-12)10-24-15-7-3-6-13(18)16(15)19/h2-8H,1,9-10H2,(H,21,22,23). The number of H-pyrrole nitrogens is 1. The molecule has 7 heteroatoms. The normalized spacial score (nSPS) is 10.6. The third-order valence-corrected chi connectivity index (χ3v) is 3.39. The number of aromatic amines is 1. The fraction of sp³-hybridized carbons (Fsp3) is 0.118. The highest BCUT2D eigenvalue weighted by Crippen LogP contribution is 2.23. The minimum Gasteiger partial charge on any atom is -0.486 e. The van der Waals surface area contributed by atoms with Crippen LogP contribution >= 0.6 is 0 Å². The van der Waals surface area contributed by atoms with Crippen LogP contribution in [0.5, 0.6) is 5.75 Å². The first kappa shape index (κ1) is 15.8. The predicted molar refractivity (Wildman–Crippen MR) is 85.8 cm³/mol. The van der Waals surface area contributed by atoms with Crippen LogP contribution in [-0.2, 0) is 13.2 Å². The second kappa shape index (κ2) is 6.99.